The number of hydrogen-bond acceptors (Lipinski definition) is 5. The highest BCUT2D eigenvalue weighted by Gasteiger charge is 2.17. The third-order valence-electron chi connectivity index (χ3n) is 5.37. The van der Waals surface area contributed by atoms with E-state index in [1.54, 1.807) is 0 Å². The first kappa shape index (κ1) is 24.4. The van der Waals surface area contributed by atoms with E-state index < -0.39 is 11.9 Å². The van der Waals surface area contributed by atoms with Gasteiger partial charge in [0.2, 0.25) is 0 Å². The number of benzene rings is 2. The molecule has 0 atom stereocenters. The minimum absolute atomic E-state index is 1.07. The summed E-state index contributed by atoms with van der Waals surface area (Å²) in [5, 5.41) is 14.8. The first-order chi connectivity index (χ1) is 14.9. The maximum atomic E-state index is 9.10. The molecule has 0 bridgehead atoms. The van der Waals surface area contributed by atoms with E-state index in [1.165, 1.54) is 16.8 Å². The van der Waals surface area contributed by atoms with Crippen molar-refractivity contribution in [3.8, 4) is 0 Å². The normalized spacial score (nSPS) is 14.4. The van der Waals surface area contributed by atoms with Gasteiger partial charge in [0.25, 0.3) is 0 Å². The Bertz CT molecular complexity index is 787. The summed E-state index contributed by atoms with van der Waals surface area (Å²) in [6.07, 6.45) is 0. The molecule has 1 heterocycles. The lowest BCUT2D eigenvalue weighted by atomic mass is 10.1. The molecular formula is C24H33N3O4. The van der Waals surface area contributed by atoms with Gasteiger partial charge in [0.15, 0.2) is 0 Å². The van der Waals surface area contributed by atoms with Crippen LogP contribution in [0.15, 0.2) is 54.6 Å². The topological polar surface area (TPSA) is 84.3 Å². The minimum atomic E-state index is -1.82. The first-order valence-corrected chi connectivity index (χ1v) is 10.7. The van der Waals surface area contributed by atoms with E-state index in [0.717, 1.165) is 52.4 Å². The molecule has 1 fully saturated rings. The van der Waals surface area contributed by atoms with Crippen molar-refractivity contribution < 1.29 is 19.8 Å². The van der Waals surface area contributed by atoms with Crippen LogP contribution in [0.2, 0.25) is 0 Å². The quantitative estimate of drug-likeness (QED) is 0.657. The molecule has 31 heavy (non-hydrogen) atoms. The molecule has 0 unspecified atom stereocenters. The zero-order valence-corrected chi connectivity index (χ0v) is 18.4. The van der Waals surface area contributed by atoms with Crippen LogP contribution in [0.1, 0.15) is 25.0 Å². The molecule has 1 saturated heterocycles. The monoisotopic (exact) mass is 427 g/mol. The van der Waals surface area contributed by atoms with Crippen molar-refractivity contribution in [3.63, 3.8) is 0 Å². The zero-order chi connectivity index (χ0) is 22.6. The molecule has 3 rings (SSSR count). The van der Waals surface area contributed by atoms with Gasteiger partial charge in [0.05, 0.1) is 0 Å². The summed E-state index contributed by atoms with van der Waals surface area (Å²) in [6.45, 7) is 13.3. The van der Waals surface area contributed by atoms with Crippen molar-refractivity contribution in [3.05, 3.63) is 65.7 Å². The number of carbonyl (C=O) groups is 2. The predicted molar refractivity (Wildman–Crippen MR) is 122 cm³/mol. The smallest absolute Gasteiger partial charge is 0.414 e. The average Bonchev–Trinajstić information content (AvgIpc) is 2.78. The van der Waals surface area contributed by atoms with Crippen LogP contribution in [-0.4, -0.2) is 71.2 Å². The summed E-state index contributed by atoms with van der Waals surface area (Å²) in [4.78, 5) is 25.7. The van der Waals surface area contributed by atoms with Gasteiger partial charge in [-0.15, -0.1) is 0 Å². The van der Waals surface area contributed by atoms with E-state index in [1.807, 2.05) is 0 Å². The summed E-state index contributed by atoms with van der Waals surface area (Å²) in [6, 6.07) is 19.9. The molecule has 0 aromatic heterocycles. The van der Waals surface area contributed by atoms with Crippen LogP contribution in [0, 0.1) is 0 Å². The summed E-state index contributed by atoms with van der Waals surface area (Å²) >= 11 is 0. The van der Waals surface area contributed by atoms with Crippen LogP contribution in [0.4, 0.5) is 5.69 Å². The molecule has 0 amide bonds. The first-order valence-electron chi connectivity index (χ1n) is 10.7. The van der Waals surface area contributed by atoms with E-state index in [2.05, 4.69) is 83.1 Å². The molecule has 2 N–H and O–H groups in total. The number of carboxylic acids is 2. The fraction of sp³-hybridized carbons (Fsp3) is 0.417. The Kier molecular flexibility index (Phi) is 10.00. The van der Waals surface area contributed by atoms with Crippen molar-refractivity contribution in [2.24, 2.45) is 0 Å². The van der Waals surface area contributed by atoms with Crippen LogP contribution in [-0.2, 0) is 22.7 Å². The van der Waals surface area contributed by atoms with Gasteiger partial charge in [0.1, 0.15) is 0 Å². The van der Waals surface area contributed by atoms with Crippen molar-refractivity contribution >= 4 is 17.6 Å². The second-order valence-electron chi connectivity index (χ2n) is 7.49. The Hall–Kier alpha value is -2.90. The van der Waals surface area contributed by atoms with E-state index >= 15 is 0 Å². The van der Waals surface area contributed by atoms with Gasteiger partial charge < -0.3 is 15.1 Å². The van der Waals surface area contributed by atoms with Crippen LogP contribution < -0.4 is 4.90 Å². The largest absolute Gasteiger partial charge is 0.473 e. The third kappa shape index (κ3) is 8.39. The van der Waals surface area contributed by atoms with Crippen molar-refractivity contribution in [2.45, 2.75) is 26.9 Å². The predicted octanol–water partition coefficient (Wildman–Crippen LogP) is 3.01. The average molecular weight is 428 g/mol. The van der Waals surface area contributed by atoms with E-state index in [-0.39, 0.29) is 0 Å². The maximum absolute atomic E-state index is 9.10. The second-order valence-corrected chi connectivity index (χ2v) is 7.49. The van der Waals surface area contributed by atoms with Crippen LogP contribution in [0.25, 0.3) is 0 Å². The van der Waals surface area contributed by atoms with Gasteiger partial charge in [-0.05, 0) is 37.1 Å². The molecule has 0 radical (unpaired) electrons. The number of piperazine rings is 1. The highest BCUT2D eigenvalue weighted by molar-refractivity contribution is 6.27. The molecule has 168 valence electrons. The standard InChI is InChI=1S/C22H31N3.C2H2O4/c1-3-25(4-2)22-12-10-21(11-13-22)19-24-16-14-23(15-17-24)18-20-8-6-5-7-9-20;3-1(4)2(5)6/h5-13H,3-4,14-19H2,1-2H3;(H,3,4)(H,5,6). The number of hydrogen-bond donors (Lipinski definition) is 2. The van der Waals surface area contributed by atoms with Gasteiger partial charge >= 0.3 is 11.9 Å². The maximum Gasteiger partial charge on any atom is 0.414 e. The molecule has 0 saturated carbocycles. The van der Waals surface area contributed by atoms with Gasteiger partial charge in [-0.2, -0.15) is 0 Å². The second kappa shape index (κ2) is 12.7. The molecule has 7 heteroatoms. The van der Waals surface area contributed by atoms with Crippen LogP contribution in [0.5, 0.6) is 0 Å². The van der Waals surface area contributed by atoms with Crippen LogP contribution >= 0.6 is 0 Å². The fourth-order valence-corrected chi connectivity index (χ4v) is 3.61. The molecule has 0 aliphatic carbocycles. The Morgan fingerprint density at radius 3 is 1.55 bits per heavy atom. The van der Waals surface area contributed by atoms with E-state index in [0.29, 0.717) is 0 Å². The van der Waals surface area contributed by atoms with Crippen molar-refractivity contribution in [1.82, 2.24) is 9.80 Å². The molecule has 2 aromatic carbocycles. The van der Waals surface area contributed by atoms with E-state index in [4.69, 9.17) is 19.8 Å². The number of nitrogens with zero attached hydrogens (tertiary/aromatic N) is 3. The summed E-state index contributed by atoms with van der Waals surface area (Å²) in [5.74, 6) is -3.65. The molecule has 7 nitrogen and oxygen atoms in total. The molecule has 1 aliphatic heterocycles. The third-order valence-corrected chi connectivity index (χ3v) is 5.37. The summed E-state index contributed by atoms with van der Waals surface area (Å²) < 4.78 is 0. The zero-order valence-electron chi connectivity index (χ0n) is 18.4. The van der Waals surface area contributed by atoms with Crippen LogP contribution in [0.3, 0.4) is 0 Å². The van der Waals surface area contributed by atoms with Gasteiger partial charge in [-0.1, -0.05) is 42.5 Å². The fourth-order valence-electron chi connectivity index (χ4n) is 3.61. The van der Waals surface area contributed by atoms with Crippen molar-refractivity contribution in [2.75, 3.05) is 44.2 Å². The lowest BCUT2D eigenvalue weighted by molar-refractivity contribution is -0.159. The Balaban J connectivity index is 0.000000501. The molecule has 1 aliphatic rings. The highest BCUT2D eigenvalue weighted by atomic mass is 16.4. The van der Waals surface area contributed by atoms with Gasteiger partial charge in [0, 0.05) is 58.0 Å². The molecule has 2 aromatic rings. The number of rotatable bonds is 7. The van der Waals surface area contributed by atoms with Gasteiger partial charge in [-0.3, -0.25) is 9.80 Å². The SMILES string of the molecule is CCN(CC)c1ccc(CN2CCN(Cc3ccccc3)CC2)cc1.O=C(O)C(=O)O. The lowest BCUT2D eigenvalue weighted by Crippen LogP contribution is -2.45. The van der Waals surface area contributed by atoms with Crippen molar-refractivity contribution in [1.29, 1.82) is 0 Å². The number of aliphatic carboxylic acids is 2. The summed E-state index contributed by atoms with van der Waals surface area (Å²) in [5.41, 5.74) is 4.18. The minimum Gasteiger partial charge on any atom is -0.473 e. The molecule has 0 spiro atoms. The Morgan fingerprint density at radius 1 is 0.742 bits per heavy atom. The highest BCUT2D eigenvalue weighted by Crippen LogP contribution is 2.17. The van der Waals surface area contributed by atoms with Gasteiger partial charge in [-0.25, -0.2) is 9.59 Å². The summed E-state index contributed by atoms with van der Waals surface area (Å²) in [7, 11) is 0. The Morgan fingerprint density at radius 2 is 1.16 bits per heavy atom. The number of anilines is 1. The molecular weight excluding hydrogens is 394 g/mol. The van der Waals surface area contributed by atoms with E-state index in [9.17, 15) is 0 Å². The lowest BCUT2D eigenvalue weighted by Gasteiger charge is -2.34. The number of carboxylic acid groups (broad SMARTS) is 2. The Labute approximate surface area is 184 Å².